The molecule has 0 radical (unpaired) electrons. The summed E-state index contributed by atoms with van der Waals surface area (Å²) >= 11 is 3.37. The van der Waals surface area contributed by atoms with Crippen molar-refractivity contribution in [3.8, 4) is 17.4 Å². The predicted molar refractivity (Wildman–Crippen MR) is 91.4 cm³/mol. The number of aromatic hydroxyl groups is 1. The molecule has 0 saturated carbocycles. The highest BCUT2D eigenvalue weighted by molar-refractivity contribution is 9.10. The van der Waals surface area contributed by atoms with Crippen molar-refractivity contribution in [3.05, 3.63) is 40.9 Å². The first-order chi connectivity index (χ1) is 11.1. The third kappa shape index (κ3) is 3.00. The number of rotatable bonds is 4. The van der Waals surface area contributed by atoms with E-state index in [0.717, 1.165) is 4.47 Å². The molecular formula is C16H14BrN3O3. The maximum atomic E-state index is 10.1. The molecule has 6 nitrogen and oxygen atoms in total. The summed E-state index contributed by atoms with van der Waals surface area (Å²) < 4.78 is 11.5. The maximum absolute atomic E-state index is 10.1. The Bertz CT molecular complexity index is 872. The van der Waals surface area contributed by atoms with Crippen LogP contribution in [0.4, 0.5) is 11.4 Å². The Kier molecular flexibility index (Phi) is 4.20. The SMILES string of the molecule is COc1cc2[nH]c(O)c(N=Nc3ccc(Br)cc3)c2cc1OC. The van der Waals surface area contributed by atoms with E-state index in [4.69, 9.17) is 9.47 Å². The summed E-state index contributed by atoms with van der Waals surface area (Å²) in [5, 5.41) is 19.1. The Morgan fingerprint density at radius 1 is 1.00 bits per heavy atom. The fraction of sp³-hybridized carbons (Fsp3) is 0.125. The van der Waals surface area contributed by atoms with Crippen molar-refractivity contribution >= 4 is 38.2 Å². The third-order valence-corrected chi connectivity index (χ3v) is 3.88. The zero-order valence-electron chi connectivity index (χ0n) is 12.5. The van der Waals surface area contributed by atoms with Crippen LogP contribution in [0.1, 0.15) is 0 Å². The van der Waals surface area contributed by atoms with Crippen LogP contribution in [0.15, 0.2) is 51.1 Å². The highest BCUT2D eigenvalue weighted by Crippen LogP contribution is 2.41. The van der Waals surface area contributed by atoms with Crippen LogP contribution in [0.2, 0.25) is 0 Å². The molecule has 0 unspecified atom stereocenters. The molecule has 118 valence electrons. The monoisotopic (exact) mass is 375 g/mol. The maximum Gasteiger partial charge on any atom is 0.218 e. The van der Waals surface area contributed by atoms with E-state index in [1.54, 1.807) is 26.4 Å². The Morgan fingerprint density at radius 3 is 2.30 bits per heavy atom. The van der Waals surface area contributed by atoms with Gasteiger partial charge in [-0.1, -0.05) is 15.9 Å². The predicted octanol–water partition coefficient (Wildman–Crippen LogP) is 5.07. The summed E-state index contributed by atoms with van der Waals surface area (Å²) in [4.78, 5) is 2.86. The summed E-state index contributed by atoms with van der Waals surface area (Å²) in [6.45, 7) is 0. The molecular weight excluding hydrogens is 362 g/mol. The van der Waals surface area contributed by atoms with Crippen LogP contribution < -0.4 is 9.47 Å². The molecule has 0 atom stereocenters. The summed E-state index contributed by atoms with van der Waals surface area (Å²) in [7, 11) is 3.11. The number of aromatic amines is 1. The van der Waals surface area contributed by atoms with E-state index < -0.39 is 0 Å². The van der Waals surface area contributed by atoms with Gasteiger partial charge in [0.05, 0.1) is 25.4 Å². The molecule has 0 aliphatic rings. The number of hydrogen-bond acceptors (Lipinski definition) is 5. The lowest BCUT2D eigenvalue weighted by Gasteiger charge is -2.06. The number of ether oxygens (including phenoxy) is 2. The first kappa shape index (κ1) is 15.4. The van der Waals surface area contributed by atoms with Crippen LogP contribution in [0.3, 0.4) is 0 Å². The minimum Gasteiger partial charge on any atom is -0.493 e. The Labute approximate surface area is 140 Å². The van der Waals surface area contributed by atoms with Gasteiger partial charge in [-0.25, -0.2) is 0 Å². The molecule has 1 aromatic heterocycles. The normalized spacial score (nSPS) is 11.3. The quantitative estimate of drug-likeness (QED) is 0.624. The molecule has 0 saturated heterocycles. The van der Waals surface area contributed by atoms with Crippen molar-refractivity contribution < 1.29 is 14.6 Å². The Balaban J connectivity index is 2.06. The van der Waals surface area contributed by atoms with E-state index >= 15 is 0 Å². The number of nitrogens with one attached hydrogen (secondary N) is 1. The third-order valence-electron chi connectivity index (χ3n) is 3.35. The molecule has 2 N–H and O–H groups in total. The van der Waals surface area contributed by atoms with E-state index in [2.05, 4.69) is 31.1 Å². The van der Waals surface area contributed by atoms with Gasteiger partial charge in [0.2, 0.25) is 5.88 Å². The molecule has 0 bridgehead atoms. The number of methoxy groups -OCH3 is 2. The second-order valence-electron chi connectivity index (χ2n) is 4.75. The molecule has 23 heavy (non-hydrogen) atoms. The van der Waals surface area contributed by atoms with Gasteiger partial charge in [0.15, 0.2) is 17.2 Å². The average molecular weight is 376 g/mol. The molecule has 3 rings (SSSR count). The largest absolute Gasteiger partial charge is 0.493 e. The van der Waals surface area contributed by atoms with Gasteiger partial charge in [0.25, 0.3) is 0 Å². The number of aromatic nitrogens is 1. The fourth-order valence-corrected chi connectivity index (χ4v) is 2.47. The molecule has 1 heterocycles. The lowest BCUT2D eigenvalue weighted by atomic mass is 10.2. The molecule has 7 heteroatoms. The lowest BCUT2D eigenvalue weighted by molar-refractivity contribution is 0.356. The minimum atomic E-state index is -0.0591. The highest BCUT2D eigenvalue weighted by atomic mass is 79.9. The van der Waals surface area contributed by atoms with E-state index in [1.165, 1.54) is 0 Å². The van der Waals surface area contributed by atoms with E-state index in [0.29, 0.717) is 33.8 Å². The van der Waals surface area contributed by atoms with Crippen molar-refractivity contribution in [2.45, 2.75) is 0 Å². The Hall–Kier alpha value is -2.54. The van der Waals surface area contributed by atoms with Crippen LogP contribution in [0.5, 0.6) is 17.4 Å². The zero-order chi connectivity index (χ0) is 16.4. The van der Waals surface area contributed by atoms with Gasteiger partial charge in [0, 0.05) is 15.9 Å². The van der Waals surface area contributed by atoms with Crippen LogP contribution in [-0.4, -0.2) is 24.3 Å². The van der Waals surface area contributed by atoms with Crippen molar-refractivity contribution in [2.75, 3.05) is 14.2 Å². The van der Waals surface area contributed by atoms with E-state index in [-0.39, 0.29) is 5.88 Å². The number of fused-ring (bicyclic) bond motifs is 1. The first-order valence-electron chi connectivity index (χ1n) is 6.76. The van der Waals surface area contributed by atoms with Gasteiger partial charge < -0.3 is 19.6 Å². The summed E-state index contributed by atoms with van der Waals surface area (Å²) in [6.07, 6.45) is 0. The van der Waals surface area contributed by atoms with Crippen LogP contribution in [0, 0.1) is 0 Å². The topological polar surface area (TPSA) is 79.2 Å². The van der Waals surface area contributed by atoms with Crippen LogP contribution in [-0.2, 0) is 0 Å². The van der Waals surface area contributed by atoms with Crippen LogP contribution in [0.25, 0.3) is 10.9 Å². The lowest BCUT2D eigenvalue weighted by Crippen LogP contribution is -1.89. The van der Waals surface area contributed by atoms with Gasteiger partial charge in [-0.05, 0) is 30.3 Å². The summed E-state index contributed by atoms with van der Waals surface area (Å²) in [6, 6.07) is 10.9. The van der Waals surface area contributed by atoms with Crippen molar-refractivity contribution in [1.82, 2.24) is 4.98 Å². The number of H-pyrrole nitrogens is 1. The molecule has 0 aliphatic carbocycles. The number of benzene rings is 2. The Morgan fingerprint density at radius 2 is 1.65 bits per heavy atom. The van der Waals surface area contributed by atoms with Gasteiger partial charge >= 0.3 is 0 Å². The fourth-order valence-electron chi connectivity index (χ4n) is 2.21. The van der Waals surface area contributed by atoms with Crippen molar-refractivity contribution in [2.24, 2.45) is 10.2 Å². The molecule has 0 aliphatic heterocycles. The molecule has 0 spiro atoms. The van der Waals surface area contributed by atoms with Gasteiger partial charge in [0.1, 0.15) is 0 Å². The second-order valence-corrected chi connectivity index (χ2v) is 5.67. The van der Waals surface area contributed by atoms with Crippen LogP contribution >= 0.6 is 15.9 Å². The van der Waals surface area contributed by atoms with Gasteiger partial charge in [-0.3, -0.25) is 0 Å². The van der Waals surface area contributed by atoms with Gasteiger partial charge in [-0.15, -0.1) is 5.11 Å². The number of nitrogens with zero attached hydrogens (tertiary/aromatic N) is 2. The van der Waals surface area contributed by atoms with Gasteiger partial charge in [-0.2, -0.15) is 5.11 Å². The molecule has 3 aromatic rings. The average Bonchev–Trinajstić information content (AvgIpc) is 2.87. The molecule has 0 fully saturated rings. The standard InChI is InChI=1S/C16H14BrN3O3/c1-22-13-7-11-12(8-14(13)23-2)18-16(21)15(11)20-19-10-5-3-9(17)4-6-10/h3-8,18,21H,1-2H3. The van der Waals surface area contributed by atoms with Crippen molar-refractivity contribution in [1.29, 1.82) is 0 Å². The minimum absolute atomic E-state index is 0.0591. The first-order valence-corrected chi connectivity index (χ1v) is 7.55. The summed E-state index contributed by atoms with van der Waals surface area (Å²) in [5.74, 6) is 1.06. The van der Waals surface area contributed by atoms with E-state index in [9.17, 15) is 5.11 Å². The van der Waals surface area contributed by atoms with E-state index in [1.807, 2.05) is 24.3 Å². The second kappa shape index (κ2) is 6.29. The van der Waals surface area contributed by atoms with Crippen molar-refractivity contribution in [3.63, 3.8) is 0 Å². The molecule has 2 aromatic carbocycles. The zero-order valence-corrected chi connectivity index (χ0v) is 14.1. The molecule has 0 amide bonds. The number of halogens is 1. The number of hydrogen-bond donors (Lipinski definition) is 2. The summed E-state index contributed by atoms with van der Waals surface area (Å²) in [5.41, 5.74) is 1.72. The highest BCUT2D eigenvalue weighted by Gasteiger charge is 2.15. The smallest absolute Gasteiger partial charge is 0.218 e. The number of azo groups is 1.